The van der Waals surface area contributed by atoms with E-state index in [0.29, 0.717) is 19.6 Å². The van der Waals surface area contributed by atoms with Crippen molar-refractivity contribution in [2.75, 3.05) is 26.9 Å². The Morgan fingerprint density at radius 2 is 1.80 bits per heavy atom. The van der Waals surface area contributed by atoms with Gasteiger partial charge < -0.3 is 44.0 Å². The van der Waals surface area contributed by atoms with E-state index in [-0.39, 0.29) is 36.9 Å². The summed E-state index contributed by atoms with van der Waals surface area (Å²) in [5.74, 6) is -3.06. The summed E-state index contributed by atoms with van der Waals surface area (Å²) in [6.07, 6.45) is -0.883. The second-order valence-corrected chi connectivity index (χ2v) is 12.0. The topological polar surface area (TPSA) is 177 Å². The zero-order chi connectivity index (χ0) is 30.4. The molecule has 236 valence electrons. The van der Waals surface area contributed by atoms with Gasteiger partial charge in [-0.2, -0.15) is 0 Å². The second kappa shape index (κ2) is 14.8. The highest BCUT2D eigenvalue weighted by Gasteiger charge is 2.58. The molecule has 0 aromatic carbocycles. The highest BCUT2D eigenvalue weighted by atomic mass is 16.8. The number of methoxy groups -OCH3 is 1. The normalized spacial score (nSPS) is 40.6. The zero-order valence-corrected chi connectivity index (χ0v) is 25.6. The number of aliphatic hydroxyl groups is 1. The molecule has 3 saturated heterocycles. The maximum Gasteiger partial charge on any atom is 0.366 e. The SMILES string of the molecule is CC[C@H]1OC(C)(C)O[C@H]1C1O[C@@](OCC2O[C@H](OCCCCCN=[N+]=[N-])C(C)[C@@H](C)[C@H]2C)(C(=O)OC)C[C@@H](O)[C@H]1N. The highest BCUT2D eigenvalue weighted by molar-refractivity contribution is 5.78. The van der Waals surface area contributed by atoms with Crippen molar-refractivity contribution in [2.45, 2.75) is 128 Å². The smallest absolute Gasteiger partial charge is 0.366 e. The van der Waals surface area contributed by atoms with Crippen molar-refractivity contribution in [3.05, 3.63) is 10.4 Å². The van der Waals surface area contributed by atoms with Gasteiger partial charge in [0.25, 0.3) is 5.79 Å². The molecule has 3 aliphatic rings. The number of carbonyl (C=O) groups is 1. The molecule has 13 heteroatoms. The Kier molecular flexibility index (Phi) is 12.2. The molecule has 0 aromatic rings. The summed E-state index contributed by atoms with van der Waals surface area (Å²) in [4.78, 5) is 16.0. The lowest BCUT2D eigenvalue weighted by Gasteiger charge is -2.47. The third-order valence-corrected chi connectivity index (χ3v) is 8.78. The van der Waals surface area contributed by atoms with Gasteiger partial charge in [-0.05, 0) is 50.5 Å². The predicted molar refractivity (Wildman–Crippen MR) is 148 cm³/mol. The molecule has 0 spiro atoms. The number of nitrogens with two attached hydrogens (primary N) is 1. The van der Waals surface area contributed by atoms with E-state index in [4.69, 9.17) is 44.4 Å². The monoisotopic (exact) mass is 586 g/mol. The Morgan fingerprint density at radius 1 is 1.07 bits per heavy atom. The van der Waals surface area contributed by atoms with Gasteiger partial charge in [0.15, 0.2) is 12.1 Å². The van der Waals surface area contributed by atoms with E-state index in [1.54, 1.807) is 13.8 Å². The Labute approximate surface area is 243 Å². The van der Waals surface area contributed by atoms with Crippen LogP contribution in [0.5, 0.6) is 0 Å². The fourth-order valence-electron chi connectivity index (χ4n) is 5.95. The van der Waals surface area contributed by atoms with E-state index in [2.05, 4.69) is 30.8 Å². The van der Waals surface area contributed by atoms with Gasteiger partial charge in [0.1, 0.15) is 12.2 Å². The van der Waals surface area contributed by atoms with E-state index in [0.717, 1.165) is 19.3 Å². The molecular formula is C28H50N4O9. The molecule has 0 saturated carbocycles. The summed E-state index contributed by atoms with van der Waals surface area (Å²) < 4.78 is 42.3. The number of unbranched alkanes of at least 4 members (excludes halogenated alkanes) is 2. The number of nitrogens with zero attached hydrogens (tertiary/aromatic N) is 3. The molecule has 3 unspecified atom stereocenters. The average molecular weight is 587 g/mol. The molecule has 0 aromatic heterocycles. The van der Waals surface area contributed by atoms with Crippen LogP contribution >= 0.6 is 0 Å². The van der Waals surface area contributed by atoms with Crippen molar-refractivity contribution in [3.63, 3.8) is 0 Å². The van der Waals surface area contributed by atoms with E-state index >= 15 is 0 Å². The van der Waals surface area contributed by atoms with Crippen LogP contribution in [-0.4, -0.2) is 92.4 Å². The van der Waals surface area contributed by atoms with Crippen LogP contribution in [-0.2, 0) is 38.0 Å². The summed E-state index contributed by atoms with van der Waals surface area (Å²) in [5.41, 5.74) is 14.8. The van der Waals surface area contributed by atoms with E-state index in [1.807, 2.05) is 6.92 Å². The van der Waals surface area contributed by atoms with Gasteiger partial charge in [0.05, 0.1) is 38.1 Å². The lowest BCUT2D eigenvalue weighted by atomic mass is 9.79. The molecule has 0 amide bonds. The van der Waals surface area contributed by atoms with E-state index in [1.165, 1.54) is 7.11 Å². The van der Waals surface area contributed by atoms with Gasteiger partial charge in [0, 0.05) is 30.4 Å². The van der Waals surface area contributed by atoms with Gasteiger partial charge in [-0.25, -0.2) is 4.79 Å². The van der Waals surface area contributed by atoms with Crippen molar-refractivity contribution in [3.8, 4) is 0 Å². The molecular weight excluding hydrogens is 536 g/mol. The molecule has 3 aliphatic heterocycles. The van der Waals surface area contributed by atoms with Crippen LogP contribution in [0.2, 0.25) is 0 Å². The summed E-state index contributed by atoms with van der Waals surface area (Å²) in [6, 6.07) is -0.830. The fourth-order valence-corrected chi connectivity index (χ4v) is 5.95. The first kappa shape index (κ1) is 34.0. The maximum atomic E-state index is 13.2. The maximum absolute atomic E-state index is 13.2. The number of aliphatic hydroxyl groups excluding tert-OH is 1. The summed E-state index contributed by atoms with van der Waals surface area (Å²) in [5, 5.41) is 14.6. The minimum atomic E-state index is -1.90. The molecule has 3 N–H and O–H groups in total. The van der Waals surface area contributed by atoms with Crippen LogP contribution in [0.25, 0.3) is 10.4 Å². The standard InChI is InChI=1S/C28H50N4O9/c1-8-20-23(40-27(5,6)39-20)24-22(29)19(33)14-28(41-24,26(34)35-7)37-15-21-17(3)16(2)18(4)25(38-21)36-13-11-9-10-12-31-32-30/h16-25,33H,8-15,29H2,1-7H3/t16-,17+,18?,19+,20+,21?,22+,23+,24?,25-,28+/m0/s1. The summed E-state index contributed by atoms with van der Waals surface area (Å²) in [7, 11) is 1.25. The average Bonchev–Trinajstić information content (AvgIpc) is 3.27. The lowest BCUT2D eigenvalue weighted by Crippen LogP contribution is -2.66. The highest BCUT2D eigenvalue weighted by Crippen LogP contribution is 2.41. The van der Waals surface area contributed by atoms with Gasteiger partial charge in [-0.15, -0.1) is 0 Å². The largest absolute Gasteiger partial charge is 0.465 e. The van der Waals surface area contributed by atoms with Crippen LogP contribution < -0.4 is 5.73 Å². The van der Waals surface area contributed by atoms with Gasteiger partial charge in [-0.3, -0.25) is 0 Å². The molecule has 3 heterocycles. The van der Waals surface area contributed by atoms with Gasteiger partial charge in [0.2, 0.25) is 0 Å². The first-order chi connectivity index (χ1) is 19.4. The van der Waals surface area contributed by atoms with Crippen LogP contribution in [0.4, 0.5) is 0 Å². The summed E-state index contributed by atoms with van der Waals surface area (Å²) in [6.45, 7) is 12.9. The number of carbonyl (C=O) groups excluding carboxylic acids is 1. The molecule has 11 atom stereocenters. The number of azide groups is 1. The molecule has 41 heavy (non-hydrogen) atoms. The molecule has 3 fully saturated rings. The van der Waals surface area contributed by atoms with E-state index in [9.17, 15) is 9.90 Å². The lowest BCUT2D eigenvalue weighted by molar-refractivity contribution is -0.326. The Bertz CT molecular complexity index is 904. The summed E-state index contributed by atoms with van der Waals surface area (Å²) >= 11 is 0. The number of hydrogen-bond acceptors (Lipinski definition) is 11. The van der Waals surface area contributed by atoms with Crippen LogP contribution in [0.3, 0.4) is 0 Å². The third-order valence-electron chi connectivity index (χ3n) is 8.78. The van der Waals surface area contributed by atoms with Crippen LogP contribution in [0.15, 0.2) is 5.11 Å². The minimum Gasteiger partial charge on any atom is -0.465 e. The molecule has 0 bridgehead atoms. The minimum absolute atomic E-state index is 0.0127. The predicted octanol–water partition coefficient (Wildman–Crippen LogP) is 3.41. The Morgan fingerprint density at radius 3 is 2.46 bits per heavy atom. The molecule has 0 radical (unpaired) electrons. The number of esters is 1. The molecule has 0 aliphatic carbocycles. The van der Waals surface area contributed by atoms with Crippen molar-refractivity contribution in [1.82, 2.24) is 0 Å². The van der Waals surface area contributed by atoms with Crippen molar-refractivity contribution in [2.24, 2.45) is 28.6 Å². The second-order valence-electron chi connectivity index (χ2n) is 12.0. The first-order valence-corrected chi connectivity index (χ1v) is 14.9. The number of hydrogen-bond donors (Lipinski definition) is 2. The van der Waals surface area contributed by atoms with Crippen molar-refractivity contribution < 1.29 is 43.1 Å². The number of rotatable bonds is 13. The van der Waals surface area contributed by atoms with E-state index < -0.39 is 54.3 Å². The van der Waals surface area contributed by atoms with Crippen LogP contribution in [0, 0.1) is 17.8 Å². The van der Waals surface area contributed by atoms with Gasteiger partial charge in [-0.1, -0.05) is 39.2 Å². The Hall–Kier alpha value is -1.54. The third kappa shape index (κ3) is 8.10. The zero-order valence-electron chi connectivity index (χ0n) is 25.6. The first-order valence-electron chi connectivity index (χ1n) is 14.9. The number of ether oxygens (including phenoxy) is 7. The van der Waals surface area contributed by atoms with Crippen molar-refractivity contribution >= 4 is 5.97 Å². The Balaban J connectivity index is 1.71. The van der Waals surface area contributed by atoms with Crippen molar-refractivity contribution in [1.29, 1.82) is 0 Å². The fraction of sp³-hybridized carbons (Fsp3) is 0.964. The van der Waals surface area contributed by atoms with Gasteiger partial charge >= 0.3 is 5.97 Å². The molecule has 13 nitrogen and oxygen atoms in total. The molecule has 3 rings (SSSR count). The quantitative estimate of drug-likeness (QED) is 0.107. The van der Waals surface area contributed by atoms with Crippen LogP contribution in [0.1, 0.15) is 73.6 Å².